The Hall–Kier alpha value is -2.57. The van der Waals surface area contributed by atoms with Crippen LogP contribution in [0.5, 0.6) is 11.5 Å². The van der Waals surface area contributed by atoms with Crippen LogP contribution in [0, 0.1) is 5.92 Å². The van der Waals surface area contributed by atoms with Crippen molar-refractivity contribution in [3.8, 4) is 11.5 Å². The first kappa shape index (κ1) is 18.2. The summed E-state index contributed by atoms with van der Waals surface area (Å²) in [6.07, 6.45) is 5.65. The van der Waals surface area contributed by atoms with E-state index < -0.39 is 0 Å². The highest BCUT2D eigenvalue weighted by molar-refractivity contribution is 5.82. The molecule has 0 saturated heterocycles. The van der Waals surface area contributed by atoms with Crippen LogP contribution in [0.25, 0.3) is 10.9 Å². The van der Waals surface area contributed by atoms with E-state index in [-0.39, 0.29) is 24.1 Å². The maximum atomic E-state index is 12.7. The number of amides is 1. The second kappa shape index (κ2) is 7.76. The first-order valence-electron chi connectivity index (χ1n) is 8.92. The molecule has 1 aromatic carbocycles. The number of fused-ring (bicyclic) bond motifs is 1. The molecule has 0 atom stereocenters. The summed E-state index contributed by atoms with van der Waals surface area (Å²) in [5.41, 5.74) is 0.231. The largest absolute Gasteiger partial charge is 0.493 e. The van der Waals surface area contributed by atoms with Gasteiger partial charge in [-0.25, -0.2) is 4.98 Å². The highest BCUT2D eigenvalue weighted by Gasteiger charge is 2.20. The van der Waals surface area contributed by atoms with Crippen LogP contribution in [0.3, 0.4) is 0 Å². The van der Waals surface area contributed by atoms with E-state index in [1.807, 2.05) is 0 Å². The van der Waals surface area contributed by atoms with Crippen LogP contribution in [-0.2, 0) is 11.3 Å². The highest BCUT2D eigenvalue weighted by Crippen LogP contribution is 2.29. The van der Waals surface area contributed by atoms with Crippen molar-refractivity contribution in [1.29, 1.82) is 0 Å². The molecule has 0 bridgehead atoms. The molecule has 1 heterocycles. The van der Waals surface area contributed by atoms with Crippen molar-refractivity contribution >= 4 is 16.8 Å². The summed E-state index contributed by atoms with van der Waals surface area (Å²) in [4.78, 5) is 29.3. The lowest BCUT2D eigenvalue weighted by Gasteiger charge is -2.27. The predicted molar refractivity (Wildman–Crippen MR) is 98.7 cm³/mol. The third-order valence-electron chi connectivity index (χ3n) is 5.02. The molecular weight excluding hydrogens is 334 g/mol. The number of carbonyl (C=O) groups excluding carboxylic acids is 1. The molecule has 1 N–H and O–H groups in total. The van der Waals surface area contributed by atoms with Gasteiger partial charge in [0, 0.05) is 12.1 Å². The molecule has 0 spiro atoms. The molecule has 3 rings (SSSR count). The third kappa shape index (κ3) is 3.81. The van der Waals surface area contributed by atoms with Gasteiger partial charge in [0.1, 0.15) is 6.54 Å². The minimum Gasteiger partial charge on any atom is -0.493 e. The Morgan fingerprint density at radius 2 is 1.85 bits per heavy atom. The molecule has 1 aliphatic carbocycles. The number of carbonyl (C=O) groups is 1. The summed E-state index contributed by atoms with van der Waals surface area (Å²) in [5.74, 6) is 1.53. The second-order valence-corrected chi connectivity index (χ2v) is 6.93. The molecule has 2 aromatic rings. The van der Waals surface area contributed by atoms with Crippen LogP contribution < -0.4 is 20.3 Å². The van der Waals surface area contributed by atoms with E-state index >= 15 is 0 Å². The number of nitrogens with zero attached hydrogens (tertiary/aromatic N) is 2. The molecule has 1 aliphatic rings. The van der Waals surface area contributed by atoms with Crippen LogP contribution in [0.2, 0.25) is 0 Å². The summed E-state index contributed by atoms with van der Waals surface area (Å²) in [5, 5.41) is 3.43. The Labute approximate surface area is 152 Å². The molecule has 1 aromatic heterocycles. The van der Waals surface area contributed by atoms with E-state index in [1.54, 1.807) is 12.1 Å². The van der Waals surface area contributed by atoms with Gasteiger partial charge in [0.2, 0.25) is 5.91 Å². The summed E-state index contributed by atoms with van der Waals surface area (Å²) in [6.45, 7) is 2.20. The molecule has 0 radical (unpaired) electrons. The maximum absolute atomic E-state index is 12.7. The average molecular weight is 359 g/mol. The highest BCUT2D eigenvalue weighted by atomic mass is 16.5. The number of rotatable bonds is 5. The Bertz CT molecular complexity index is 854. The van der Waals surface area contributed by atoms with Crippen LogP contribution in [0.15, 0.2) is 23.3 Å². The number of hydrogen-bond donors (Lipinski definition) is 1. The predicted octanol–water partition coefficient (Wildman–Crippen LogP) is 2.11. The SMILES string of the molecule is COc1cc2ncn(CC(=O)NC3CCC(C)CC3)c(=O)c2cc1OC. The molecule has 140 valence electrons. The van der Waals surface area contributed by atoms with Crippen LogP contribution in [0.4, 0.5) is 0 Å². The molecule has 1 saturated carbocycles. The number of methoxy groups -OCH3 is 2. The molecule has 0 unspecified atom stereocenters. The normalized spacial score (nSPS) is 20.0. The Balaban J connectivity index is 1.78. The van der Waals surface area contributed by atoms with Gasteiger partial charge in [-0.15, -0.1) is 0 Å². The monoisotopic (exact) mass is 359 g/mol. The number of nitrogens with one attached hydrogen (secondary N) is 1. The van der Waals surface area contributed by atoms with Gasteiger partial charge in [0.25, 0.3) is 5.56 Å². The zero-order valence-electron chi connectivity index (χ0n) is 15.4. The first-order valence-corrected chi connectivity index (χ1v) is 8.92. The van der Waals surface area contributed by atoms with E-state index in [2.05, 4.69) is 17.2 Å². The summed E-state index contributed by atoms with van der Waals surface area (Å²) in [6, 6.07) is 3.45. The fourth-order valence-electron chi connectivity index (χ4n) is 3.43. The first-order chi connectivity index (χ1) is 12.5. The Morgan fingerprint density at radius 3 is 2.50 bits per heavy atom. The van der Waals surface area contributed by atoms with Crippen LogP contribution in [-0.4, -0.2) is 35.7 Å². The fourth-order valence-corrected chi connectivity index (χ4v) is 3.43. The van der Waals surface area contributed by atoms with Gasteiger partial charge in [-0.3, -0.25) is 14.2 Å². The van der Waals surface area contributed by atoms with Crippen molar-refractivity contribution in [2.75, 3.05) is 14.2 Å². The van der Waals surface area contributed by atoms with E-state index in [9.17, 15) is 9.59 Å². The maximum Gasteiger partial charge on any atom is 0.261 e. The average Bonchev–Trinajstić information content (AvgIpc) is 2.65. The number of benzene rings is 1. The molecule has 7 nitrogen and oxygen atoms in total. The fraction of sp³-hybridized carbons (Fsp3) is 0.526. The number of ether oxygens (including phenoxy) is 2. The quantitative estimate of drug-likeness (QED) is 0.884. The lowest BCUT2D eigenvalue weighted by molar-refractivity contribution is -0.122. The van der Waals surface area contributed by atoms with Gasteiger partial charge in [-0.2, -0.15) is 0 Å². The standard InChI is InChI=1S/C19H25N3O4/c1-12-4-6-13(7-5-12)21-18(23)10-22-11-20-15-9-17(26-3)16(25-2)8-14(15)19(22)24/h8-9,11-13H,4-7,10H2,1-3H3,(H,21,23). The lowest BCUT2D eigenvalue weighted by Crippen LogP contribution is -2.40. The van der Waals surface area contributed by atoms with Crippen molar-refractivity contribution in [3.05, 3.63) is 28.8 Å². The van der Waals surface area contributed by atoms with E-state index in [1.165, 1.54) is 25.1 Å². The van der Waals surface area contributed by atoms with Crippen LogP contribution in [0.1, 0.15) is 32.6 Å². The molecule has 7 heteroatoms. The van der Waals surface area contributed by atoms with Gasteiger partial charge >= 0.3 is 0 Å². The van der Waals surface area contributed by atoms with Crippen molar-refractivity contribution in [3.63, 3.8) is 0 Å². The molecule has 1 amide bonds. The van der Waals surface area contributed by atoms with Gasteiger partial charge < -0.3 is 14.8 Å². The van der Waals surface area contributed by atoms with Gasteiger partial charge in [0.05, 0.1) is 31.4 Å². The number of hydrogen-bond acceptors (Lipinski definition) is 5. The van der Waals surface area contributed by atoms with Crippen LogP contribution >= 0.6 is 0 Å². The molecule has 26 heavy (non-hydrogen) atoms. The van der Waals surface area contributed by atoms with E-state index in [0.29, 0.717) is 22.4 Å². The zero-order valence-corrected chi connectivity index (χ0v) is 15.4. The Morgan fingerprint density at radius 1 is 1.19 bits per heavy atom. The minimum absolute atomic E-state index is 0.0395. The van der Waals surface area contributed by atoms with Gasteiger partial charge in [0.15, 0.2) is 11.5 Å². The third-order valence-corrected chi connectivity index (χ3v) is 5.02. The van der Waals surface area contributed by atoms with Crippen molar-refractivity contribution in [2.45, 2.75) is 45.2 Å². The van der Waals surface area contributed by atoms with Crippen molar-refractivity contribution in [2.24, 2.45) is 5.92 Å². The van der Waals surface area contributed by atoms with E-state index in [0.717, 1.165) is 31.6 Å². The second-order valence-electron chi connectivity index (χ2n) is 6.93. The molecular formula is C19H25N3O4. The number of aromatic nitrogens is 2. The minimum atomic E-state index is -0.275. The summed E-state index contributed by atoms with van der Waals surface area (Å²) < 4.78 is 11.8. The topological polar surface area (TPSA) is 82.5 Å². The Kier molecular flexibility index (Phi) is 5.44. The molecule has 0 aliphatic heterocycles. The smallest absolute Gasteiger partial charge is 0.261 e. The summed E-state index contributed by atoms with van der Waals surface area (Å²) >= 11 is 0. The zero-order chi connectivity index (χ0) is 18.7. The van der Waals surface area contributed by atoms with Crippen molar-refractivity contribution < 1.29 is 14.3 Å². The van der Waals surface area contributed by atoms with Gasteiger partial charge in [-0.1, -0.05) is 6.92 Å². The molecule has 1 fully saturated rings. The summed E-state index contributed by atoms with van der Waals surface area (Å²) in [7, 11) is 3.04. The lowest BCUT2D eigenvalue weighted by atomic mass is 9.87. The van der Waals surface area contributed by atoms with Crippen molar-refractivity contribution in [1.82, 2.24) is 14.9 Å². The van der Waals surface area contributed by atoms with Gasteiger partial charge in [-0.05, 0) is 37.7 Å². The van der Waals surface area contributed by atoms with E-state index in [4.69, 9.17) is 9.47 Å².